The minimum atomic E-state index is 0.215. The first-order valence-corrected chi connectivity index (χ1v) is 6.19. The highest BCUT2D eigenvalue weighted by molar-refractivity contribution is 5.72. The standard InChI is InChI=1S/C12H18N4O2/c17-6-5-16-3-1-10(2-4-16)15-12-7-11(8-18)13-9-14-12/h7-10,17H,1-6H2,(H,13,14,15). The van der Waals surface area contributed by atoms with E-state index in [1.54, 1.807) is 6.07 Å². The molecule has 0 unspecified atom stereocenters. The molecule has 6 heteroatoms. The van der Waals surface area contributed by atoms with Crippen molar-refractivity contribution in [1.29, 1.82) is 0 Å². The number of nitrogens with one attached hydrogen (secondary N) is 1. The van der Waals surface area contributed by atoms with E-state index in [0.717, 1.165) is 38.8 Å². The lowest BCUT2D eigenvalue weighted by Gasteiger charge is -2.32. The summed E-state index contributed by atoms with van der Waals surface area (Å²) in [4.78, 5) is 20.8. The van der Waals surface area contributed by atoms with Crippen molar-refractivity contribution in [2.45, 2.75) is 18.9 Å². The van der Waals surface area contributed by atoms with E-state index in [-0.39, 0.29) is 6.61 Å². The lowest BCUT2D eigenvalue weighted by atomic mass is 10.1. The highest BCUT2D eigenvalue weighted by Gasteiger charge is 2.18. The number of hydrogen-bond donors (Lipinski definition) is 2. The molecular weight excluding hydrogens is 232 g/mol. The van der Waals surface area contributed by atoms with Gasteiger partial charge < -0.3 is 15.3 Å². The Bertz CT molecular complexity index is 391. The lowest BCUT2D eigenvalue weighted by molar-refractivity contribution is 0.111. The molecule has 2 rings (SSSR count). The van der Waals surface area contributed by atoms with Gasteiger partial charge in [0.1, 0.15) is 17.8 Å². The Kier molecular flexibility index (Phi) is 4.60. The number of aliphatic hydroxyl groups is 1. The summed E-state index contributed by atoms with van der Waals surface area (Å²) in [6.07, 6.45) is 4.14. The quantitative estimate of drug-likeness (QED) is 0.725. The third-order valence-electron chi connectivity index (χ3n) is 3.16. The van der Waals surface area contributed by atoms with Gasteiger partial charge in [-0.05, 0) is 12.8 Å². The average Bonchev–Trinajstić information content (AvgIpc) is 2.42. The van der Waals surface area contributed by atoms with Crippen molar-refractivity contribution in [2.24, 2.45) is 0 Å². The van der Waals surface area contributed by atoms with Crippen molar-refractivity contribution in [3.8, 4) is 0 Å². The molecule has 0 spiro atoms. The van der Waals surface area contributed by atoms with Crippen molar-refractivity contribution in [3.63, 3.8) is 0 Å². The van der Waals surface area contributed by atoms with Gasteiger partial charge in [-0.25, -0.2) is 9.97 Å². The molecule has 0 atom stereocenters. The van der Waals surface area contributed by atoms with Crippen LogP contribution >= 0.6 is 0 Å². The fraction of sp³-hybridized carbons (Fsp3) is 0.583. The van der Waals surface area contributed by atoms with Crippen LogP contribution in [-0.4, -0.2) is 58.5 Å². The molecule has 2 N–H and O–H groups in total. The van der Waals surface area contributed by atoms with Gasteiger partial charge >= 0.3 is 0 Å². The zero-order valence-electron chi connectivity index (χ0n) is 10.2. The topological polar surface area (TPSA) is 78.4 Å². The van der Waals surface area contributed by atoms with Gasteiger partial charge in [-0.1, -0.05) is 0 Å². The Balaban J connectivity index is 1.85. The molecule has 6 nitrogen and oxygen atoms in total. The highest BCUT2D eigenvalue weighted by Crippen LogP contribution is 2.14. The molecule has 1 aromatic rings. The molecule has 1 aliphatic rings. The number of carbonyl (C=O) groups is 1. The number of anilines is 1. The van der Waals surface area contributed by atoms with E-state index in [4.69, 9.17) is 5.11 Å². The summed E-state index contributed by atoms with van der Waals surface area (Å²) in [5.41, 5.74) is 0.394. The van der Waals surface area contributed by atoms with Crippen LogP contribution < -0.4 is 5.32 Å². The van der Waals surface area contributed by atoms with Gasteiger partial charge in [0, 0.05) is 31.7 Å². The van der Waals surface area contributed by atoms with E-state index < -0.39 is 0 Å². The fourth-order valence-electron chi connectivity index (χ4n) is 2.17. The Morgan fingerprint density at radius 1 is 1.44 bits per heavy atom. The first kappa shape index (κ1) is 12.9. The second-order valence-electron chi connectivity index (χ2n) is 4.43. The van der Waals surface area contributed by atoms with Gasteiger partial charge in [0.15, 0.2) is 6.29 Å². The summed E-state index contributed by atoms with van der Waals surface area (Å²) in [6, 6.07) is 2.03. The molecule has 18 heavy (non-hydrogen) atoms. The number of hydrogen-bond acceptors (Lipinski definition) is 6. The number of nitrogens with zero attached hydrogens (tertiary/aromatic N) is 3. The largest absolute Gasteiger partial charge is 0.395 e. The normalized spacial score (nSPS) is 17.6. The van der Waals surface area contributed by atoms with Crippen LogP contribution in [0.3, 0.4) is 0 Å². The minimum Gasteiger partial charge on any atom is -0.395 e. The first-order chi connectivity index (χ1) is 8.81. The molecular formula is C12H18N4O2. The average molecular weight is 250 g/mol. The Labute approximate surface area is 106 Å². The van der Waals surface area contributed by atoms with Gasteiger partial charge in [-0.2, -0.15) is 0 Å². The van der Waals surface area contributed by atoms with Crippen LogP contribution in [0.5, 0.6) is 0 Å². The smallest absolute Gasteiger partial charge is 0.168 e. The summed E-state index contributed by atoms with van der Waals surface area (Å²) < 4.78 is 0. The summed E-state index contributed by atoms with van der Waals surface area (Å²) in [7, 11) is 0. The number of carbonyl (C=O) groups excluding carboxylic acids is 1. The summed E-state index contributed by atoms with van der Waals surface area (Å²) in [5.74, 6) is 0.702. The van der Waals surface area contributed by atoms with Crippen LogP contribution in [0.15, 0.2) is 12.4 Å². The molecule has 2 heterocycles. The van der Waals surface area contributed by atoms with Crippen LogP contribution in [-0.2, 0) is 0 Å². The van der Waals surface area contributed by atoms with Crippen molar-refractivity contribution in [1.82, 2.24) is 14.9 Å². The van der Waals surface area contributed by atoms with E-state index in [9.17, 15) is 4.79 Å². The van der Waals surface area contributed by atoms with E-state index >= 15 is 0 Å². The number of rotatable bonds is 5. The third kappa shape index (κ3) is 3.48. The number of aromatic nitrogens is 2. The van der Waals surface area contributed by atoms with Crippen LogP contribution in [0.25, 0.3) is 0 Å². The predicted octanol–water partition coefficient (Wildman–Crippen LogP) is 0.158. The van der Waals surface area contributed by atoms with Gasteiger partial charge in [0.2, 0.25) is 0 Å². The van der Waals surface area contributed by atoms with Crippen molar-refractivity contribution in [2.75, 3.05) is 31.6 Å². The van der Waals surface area contributed by atoms with Gasteiger partial charge in [-0.3, -0.25) is 4.79 Å². The molecule has 1 aliphatic heterocycles. The van der Waals surface area contributed by atoms with Crippen molar-refractivity contribution >= 4 is 12.1 Å². The molecule has 0 radical (unpaired) electrons. The number of likely N-dealkylation sites (tertiary alicyclic amines) is 1. The monoisotopic (exact) mass is 250 g/mol. The maximum absolute atomic E-state index is 10.6. The Hall–Kier alpha value is -1.53. The number of aliphatic hydroxyl groups excluding tert-OH is 1. The zero-order chi connectivity index (χ0) is 12.8. The minimum absolute atomic E-state index is 0.215. The molecule has 0 aromatic carbocycles. The molecule has 1 aromatic heterocycles. The molecule has 0 aliphatic carbocycles. The highest BCUT2D eigenvalue weighted by atomic mass is 16.3. The molecule has 1 fully saturated rings. The molecule has 98 valence electrons. The van der Waals surface area contributed by atoms with Crippen LogP contribution in [0.2, 0.25) is 0 Å². The van der Waals surface area contributed by atoms with E-state index in [2.05, 4.69) is 20.2 Å². The van der Waals surface area contributed by atoms with E-state index in [1.807, 2.05) is 0 Å². The number of β-amino-alcohol motifs (C(OH)–C–C–N with tert-alkyl or cyclic N) is 1. The SMILES string of the molecule is O=Cc1cc(NC2CCN(CCO)CC2)ncn1. The van der Waals surface area contributed by atoms with Gasteiger partial charge in [0.25, 0.3) is 0 Å². The fourth-order valence-corrected chi connectivity index (χ4v) is 2.17. The van der Waals surface area contributed by atoms with E-state index in [1.165, 1.54) is 6.33 Å². The second kappa shape index (κ2) is 6.42. The third-order valence-corrected chi connectivity index (χ3v) is 3.16. The van der Waals surface area contributed by atoms with Crippen LogP contribution in [0.4, 0.5) is 5.82 Å². The van der Waals surface area contributed by atoms with Crippen LogP contribution in [0.1, 0.15) is 23.3 Å². The number of piperidine rings is 1. The zero-order valence-corrected chi connectivity index (χ0v) is 10.2. The first-order valence-electron chi connectivity index (χ1n) is 6.19. The Morgan fingerprint density at radius 2 is 2.22 bits per heavy atom. The second-order valence-corrected chi connectivity index (χ2v) is 4.43. The van der Waals surface area contributed by atoms with Crippen molar-refractivity contribution in [3.05, 3.63) is 18.1 Å². The molecule has 0 amide bonds. The summed E-state index contributed by atoms with van der Waals surface area (Å²) in [5, 5.41) is 12.2. The molecule has 0 bridgehead atoms. The van der Waals surface area contributed by atoms with Gasteiger partial charge in [0.05, 0.1) is 6.61 Å². The van der Waals surface area contributed by atoms with E-state index in [0.29, 0.717) is 17.6 Å². The Morgan fingerprint density at radius 3 is 2.89 bits per heavy atom. The predicted molar refractivity (Wildman–Crippen MR) is 67.6 cm³/mol. The lowest BCUT2D eigenvalue weighted by Crippen LogP contribution is -2.40. The summed E-state index contributed by atoms with van der Waals surface area (Å²) in [6.45, 7) is 2.91. The van der Waals surface area contributed by atoms with Crippen molar-refractivity contribution < 1.29 is 9.90 Å². The maximum Gasteiger partial charge on any atom is 0.168 e. The van der Waals surface area contributed by atoms with Crippen LogP contribution in [0, 0.1) is 0 Å². The molecule has 1 saturated heterocycles. The summed E-state index contributed by atoms with van der Waals surface area (Å²) >= 11 is 0. The number of aldehydes is 1. The maximum atomic E-state index is 10.6. The molecule has 0 saturated carbocycles. The van der Waals surface area contributed by atoms with Gasteiger partial charge in [-0.15, -0.1) is 0 Å².